The highest BCUT2D eigenvalue weighted by molar-refractivity contribution is 5.87. The molecule has 3 nitrogen and oxygen atoms in total. The lowest BCUT2D eigenvalue weighted by atomic mass is 9.82. The Morgan fingerprint density at radius 3 is 2.75 bits per heavy atom. The van der Waals surface area contributed by atoms with E-state index in [1.54, 1.807) is 32.0 Å². The maximum atomic E-state index is 14.0. The number of halogens is 1. The summed E-state index contributed by atoms with van der Waals surface area (Å²) in [5, 5.41) is 3.22. The van der Waals surface area contributed by atoms with Gasteiger partial charge in [0, 0.05) is 24.7 Å². The molecule has 4 heteroatoms. The number of rotatable bonds is 3. The standard InChI is InChI=1S/C16H23FN2O/c1-16(2,13-8-4-5-9-14(13)17)15(20)19-10-6-7-12(11-19)18-3/h4-5,8-9,12,18H,6-7,10-11H2,1-3H3. The van der Waals surface area contributed by atoms with E-state index in [2.05, 4.69) is 5.32 Å². The molecule has 1 saturated heterocycles. The summed E-state index contributed by atoms with van der Waals surface area (Å²) in [5.41, 5.74) is -0.363. The molecule has 1 aromatic rings. The van der Waals surface area contributed by atoms with Crippen LogP contribution in [0.2, 0.25) is 0 Å². The predicted molar refractivity (Wildman–Crippen MR) is 78.1 cm³/mol. The highest BCUT2D eigenvalue weighted by atomic mass is 19.1. The molecule has 2 rings (SSSR count). The average Bonchev–Trinajstić information content (AvgIpc) is 2.46. The van der Waals surface area contributed by atoms with Crippen molar-refractivity contribution in [2.45, 2.75) is 38.1 Å². The highest BCUT2D eigenvalue weighted by Gasteiger charge is 2.37. The second-order valence-corrected chi connectivity index (χ2v) is 5.98. The number of hydrogen-bond donors (Lipinski definition) is 1. The molecule has 1 atom stereocenters. The minimum atomic E-state index is -0.832. The van der Waals surface area contributed by atoms with Crippen molar-refractivity contribution in [3.63, 3.8) is 0 Å². The lowest BCUT2D eigenvalue weighted by molar-refractivity contribution is -0.137. The van der Waals surface area contributed by atoms with Crippen LogP contribution in [0.15, 0.2) is 24.3 Å². The molecule has 20 heavy (non-hydrogen) atoms. The number of benzene rings is 1. The van der Waals surface area contributed by atoms with Crippen molar-refractivity contribution >= 4 is 5.91 Å². The van der Waals surface area contributed by atoms with Gasteiger partial charge >= 0.3 is 0 Å². The predicted octanol–water partition coefficient (Wildman–Crippen LogP) is 2.31. The van der Waals surface area contributed by atoms with Crippen LogP contribution in [-0.2, 0) is 10.2 Å². The van der Waals surface area contributed by atoms with Crippen LogP contribution in [0.1, 0.15) is 32.3 Å². The van der Waals surface area contributed by atoms with E-state index in [1.807, 2.05) is 11.9 Å². The van der Waals surface area contributed by atoms with Crippen LogP contribution in [0.5, 0.6) is 0 Å². The Hall–Kier alpha value is -1.42. The third-order valence-corrected chi connectivity index (χ3v) is 4.20. The van der Waals surface area contributed by atoms with Gasteiger partial charge in [-0.15, -0.1) is 0 Å². The summed E-state index contributed by atoms with van der Waals surface area (Å²) in [4.78, 5) is 14.6. The van der Waals surface area contributed by atoms with Crippen molar-refractivity contribution in [2.75, 3.05) is 20.1 Å². The van der Waals surface area contributed by atoms with E-state index in [9.17, 15) is 9.18 Å². The molecule has 1 fully saturated rings. The molecule has 110 valence electrons. The zero-order valence-corrected chi connectivity index (χ0v) is 12.4. The fourth-order valence-electron chi connectivity index (χ4n) is 2.88. The van der Waals surface area contributed by atoms with Crippen LogP contribution in [-0.4, -0.2) is 37.0 Å². The van der Waals surface area contributed by atoms with Crippen molar-refractivity contribution < 1.29 is 9.18 Å². The van der Waals surface area contributed by atoms with Crippen molar-refractivity contribution in [3.05, 3.63) is 35.6 Å². The SMILES string of the molecule is CNC1CCCN(C(=O)C(C)(C)c2ccccc2F)C1. The van der Waals surface area contributed by atoms with Crippen LogP contribution in [0.4, 0.5) is 4.39 Å². The first kappa shape index (κ1) is 15.0. The van der Waals surface area contributed by atoms with Gasteiger partial charge in [0.15, 0.2) is 0 Å². The minimum Gasteiger partial charge on any atom is -0.340 e. The topological polar surface area (TPSA) is 32.3 Å². The Kier molecular flexibility index (Phi) is 4.43. The first-order valence-corrected chi connectivity index (χ1v) is 7.18. The Bertz CT molecular complexity index is 487. The Balaban J connectivity index is 2.21. The molecule has 1 heterocycles. The van der Waals surface area contributed by atoms with Crippen molar-refractivity contribution in [1.82, 2.24) is 10.2 Å². The molecule has 0 spiro atoms. The van der Waals surface area contributed by atoms with E-state index in [1.165, 1.54) is 6.07 Å². The summed E-state index contributed by atoms with van der Waals surface area (Å²) in [6, 6.07) is 6.88. The zero-order valence-electron chi connectivity index (χ0n) is 12.4. The molecule has 0 aromatic heterocycles. The highest BCUT2D eigenvalue weighted by Crippen LogP contribution is 2.29. The Labute approximate surface area is 120 Å². The molecule has 1 amide bonds. The number of hydrogen-bond acceptors (Lipinski definition) is 2. The molecule has 0 aliphatic carbocycles. The molecule has 0 saturated carbocycles. The molecule has 1 unspecified atom stereocenters. The second kappa shape index (κ2) is 5.92. The quantitative estimate of drug-likeness (QED) is 0.920. The fourth-order valence-corrected chi connectivity index (χ4v) is 2.88. The van der Waals surface area contributed by atoms with Gasteiger partial charge in [0.2, 0.25) is 5.91 Å². The van der Waals surface area contributed by atoms with Crippen LogP contribution in [0.25, 0.3) is 0 Å². The fraction of sp³-hybridized carbons (Fsp3) is 0.562. The third kappa shape index (κ3) is 2.85. The summed E-state index contributed by atoms with van der Waals surface area (Å²) in [7, 11) is 1.92. The normalized spacial score (nSPS) is 20.0. The number of carbonyl (C=O) groups excluding carboxylic acids is 1. The van der Waals surface area contributed by atoms with E-state index in [0.29, 0.717) is 18.2 Å². The van der Waals surface area contributed by atoms with Gasteiger partial charge in [-0.2, -0.15) is 0 Å². The summed E-state index contributed by atoms with van der Waals surface area (Å²) in [6.45, 7) is 5.07. The molecule has 0 radical (unpaired) electrons. The first-order chi connectivity index (χ1) is 9.46. The van der Waals surface area contributed by atoms with Crippen LogP contribution >= 0.6 is 0 Å². The maximum Gasteiger partial charge on any atom is 0.232 e. The lowest BCUT2D eigenvalue weighted by Gasteiger charge is -2.37. The third-order valence-electron chi connectivity index (χ3n) is 4.20. The summed E-state index contributed by atoms with van der Waals surface area (Å²) < 4.78 is 14.0. The number of piperidine rings is 1. The molecule has 1 aromatic carbocycles. The Morgan fingerprint density at radius 2 is 2.10 bits per heavy atom. The minimum absolute atomic E-state index is 0.00236. The van der Waals surface area contributed by atoms with E-state index in [-0.39, 0.29) is 11.7 Å². The summed E-state index contributed by atoms with van der Waals surface area (Å²) in [5.74, 6) is -0.310. The van der Waals surface area contributed by atoms with E-state index in [4.69, 9.17) is 0 Å². The van der Waals surface area contributed by atoms with Crippen molar-refractivity contribution in [3.8, 4) is 0 Å². The van der Waals surface area contributed by atoms with Gasteiger partial charge in [0.1, 0.15) is 5.82 Å². The number of likely N-dealkylation sites (tertiary alicyclic amines) is 1. The van der Waals surface area contributed by atoms with E-state index in [0.717, 1.165) is 19.4 Å². The lowest BCUT2D eigenvalue weighted by Crippen LogP contribution is -2.52. The molecule has 1 aliphatic rings. The second-order valence-electron chi connectivity index (χ2n) is 5.98. The van der Waals surface area contributed by atoms with Gasteiger partial charge in [0.25, 0.3) is 0 Å². The maximum absolute atomic E-state index is 14.0. The zero-order chi connectivity index (χ0) is 14.8. The van der Waals surface area contributed by atoms with Crippen molar-refractivity contribution in [2.24, 2.45) is 0 Å². The number of carbonyl (C=O) groups is 1. The molecule has 1 aliphatic heterocycles. The van der Waals surface area contributed by atoms with Crippen LogP contribution in [0.3, 0.4) is 0 Å². The number of nitrogens with zero attached hydrogens (tertiary/aromatic N) is 1. The van der Waals surface area contributed by atoms with Gasteiger partial charge in [-0.05, 0) is 39.8 Å². The smallest absolute Gasteiger partial charge is 0.232 e. The summed E-state index contributed by atoms with van der Waals surface area (Å²) in [6.07, 6.45) is 2.07. The van der Waals surface area contributed by atoms with Gasteiger partial charge in [0.05, 0.1) is 5.41 Å². The molecular formula is C16H23FN2O. The van der Waals surface area contributed by atoms with Crippen LogP contribution < -0.4 is 5.32 Å². The van der Waals surface area contributed by atoms with Gasteiger partial charge in [-0.25, -0.2) is 4.39 Å². The van der Waals surface area contributed by atoms with Gasteiger partial charge in [-0.1, -0.05) is 18.2 Å². The van der Waals surface area contributed by atoms with Crippen LogP contribution in [0, 0.1) is 5.82 Å². The number of likely N-dealkylation sites (N-methyl/N-ethyl adjacent to an activating group) is 1. The van der Waals surface area contributed by atoms with Gasteiger partial charge < -0.3 is 10.2 Å². The first-order valence-electron chi connectivity index (χ1n) is 7.18. The Morgan fingerprint density at radius 1 is 1.40 bits per heavy atom. The van der Waals surface area contributed by atoms with E-state index < -0.39 is 5.41 Å². The van der Waals surface area contributed by atoms with E-state index >= 15 is 0 Å². The monoisotopic (exact) mass is 278 g/mol. The number of amides is 1. The number of nitrogens with one attached hydrogen (secondary N) is 1. The molecular weight excluding hydrogens is 255 g/mol. The largest absolute Gasteiger partial charge is 0.340 e. The van der Waals surface area contributed by atoms with Crippen molar-refractivity contribution in [1.29, 1.82) is 0 Å². The molecule has 0 bridgehead atoms. The van der Waals surface area contributed by atoms with Gasteiger partial charge in [-0.3, -0.25) is 4.79 Å². The summed E-state index contributed by atoms with van der Waals surface area (Å²) >= 11 is 0. The molecule has 1 N–H and O–H groups in total. The average molecular weight is 278 g/mol.